The summed E-state index contributed by atoms with van der Waals surface area (Å²) in [5, 5.41) is 0. The Morgan fingerprint density at radius 2 is 2.12 bits per heavy atom. The highest BCUT2D eigenvalue weighted by Gasteiger charge is 2.24. The van der Waals surface area contributed by atoms with Crippen LogP contribution < -0.4 is 4.90 Å². The van der Waals surface area contributed by atoms with Gasteiger partial charge in [0.1, 0.15) is 6.04 Å². The zero-order chi connectivity index (χ0) is 11.5. The van der Waals surface area contributed by atoms with Gasteiger partial charge in [0, 0.05) is 18.8 Å². The third kappa shape index (κ3) is 1.85. The first-order valence-electron chi connectivity index (χ1n) is 5.64. The number of aliphatic imine (C=N–C) groups is 1. The number of benzodiazepines with no additional fused rings is 1. The lowest BCUT2D eigenvalue weighted by Crippen LogP contribution is -2.34. The molecule has 16 heavy (non-hydrogen) atoms. The summed E-state index contributed by atoms with van der Waals surface area (Å²) in [6.07, 6.45) is 3.60. The van der Waals surface area contributed by atoms with E-state index in [0.29, 0.717) is 0 Å². The molecule has 1 aliphatic heterocycles. The molecule has 3 nitrogen and oxygen atoms in total. The second-order valence-corrected chi connectivity index (χ2v) is 4.04. The van der Waals surface area contributed by atoms with Crippen LogP contribution in [0.4, 0.5) is 5.69 Å². The number of hydrogen-bond donors (Lipinski definition) is 0. The van der Waals surface area contributed by atoms with E-state index in [1.54, 1.807) is 4.90 Å². The van der Waals surface area contributed by atoms with Gasteiger partial charge >= 0.3 is 0 Å². The highest BCUT2D eigenvalue weighted by molar-refractivity contribution is 6.04. The van der Waals surface area contributed by atoms with Crippen LogP contribution in [0.2, 0.25) is 0 Å². The Bertz CT molecular complexity index is 426. The molecule has 0 saturated heterocycles. The predicted octanol–water partition coefficient (Wildman–Crippen LogP) is 2.25. The fourth-order valence-electron chi connectivity index (χ4n) is 1.95. The van der Waals surface area contributed by atoms with Crippen LogP contribution in [0.1, 0.15) is 25.3 Å². The van der Waals surface area contributed by atoms with Gasteiger partial charge in [-0.05, 0) is 12.5 Å². The summed E-state index contributed by atoms with van der Waals surface area (Å²) in [6, 6.07) is 7.62. The van der Waals surface area contributed by atoms with Crippen molar-refractivity contribution in [1.29, 1.82) is 0 Å². The van der Waals surface area contributed by atoms with Gasteiger partial charge in [0.2, 0.25) is 0 Å². The first-order chi connectivity index (χ1) is 7.74. The van der Waals surface area contributed by atoms with E-state index in [4.69, 9.17) is 0 Å². The largest absolute Gasteiger partial charge is 0.313 e. The number of benzene rings is 1. The number of fused-ring (bicyclic) bond motifs is 1. The van der Waals surface area contributed by atoms with Crippen LogP contribution in [0.15, 0.2) is 29.3 Å². The van der Waals surface area contributed by atoms with Gasteiger partial charge < -0.3 is 4.90 Å². The van der Waals surface area contributed by atoms with Crippen molar-refractivity contribution >= 4 is 17.8 Å². The topological polar surface area (TPSA) is 32.7 Å². The minimum absolute atomic E-state index is 0.0862. The van der Waals surface area contributed by atoms with E-state index in [0.717, 1.165) is 24.1 Å². The number of para-hydroxylation sites is 1. The molecule has 0 radical (unpaired) electrons. The summed E-state index contributed by atoms with van der Waals surface area (Å²) in [5.41, 5.74) is 1.95. The number of carbonyl (C=O) groups excluding carboxylic acids is 1. The molecule has 1 aromatic rings. The van der Waals surface area contributed by atoms with E-state index >= 15 is 0 Å². The highest BCUT2D eigenvalue weighted by atomic mass is 16.2. The highest BCUT2D eigenvalue weighted by Crippen LogP contribution is 2.22. The number of rotatable bonds is 2. The Morgan fingerprint density at radius 3 is 2.88 bits per heavy atom. The number of likely N-dealkylation sites (N-methyl/N-ethyl adjacent to an activating group) is 1. The molecule has 0 aromatic heterocycles. The monoisotopic (exact) mass is 216 g/mol. The molecule has 1 atom stereocenters. The van der Waals surface area contributed by atoms with E-state index in [-0.39, 0.29) is 11.9 Å². The molecule has 0 fully saturated rings. The Balaban J connectivity index is 2.39. The standard InChI is InChI=1S/C13H16N2O/c1-3-6-11-13(16)15(2)12-8-5-4-7-10(12)9-14-11/h4-5,7-9,11H,3,6H2,1-2H3. The van der Waals surface area contributed by atoms with E-state index in [9.17, 15) is 4.79 Å². The lowest BCUT2D eigenvalue weighted by molar-refractivity contribution is -0.119. The summed E-state index contributed by atoms with van der Waals surface area (Å²) in [4.78, 5) is 18.2. The summed E-state index contributed by atoms with van der Waals surface area (Å²) < 4.78 is 0. The quantitative estimate of drug-likeness (QED) is 0.746. The smallest absolute Gasteiger partial charge is 0.251 e. The van der Waals surface area contributed by atoms with Gasteiger partial charge in [-0.2, -0.15) is 0 Å². The molecule has 0 bridgehead atoms. The molecule has 1 aromatic carbocycles. The molecule has 2 rings (SSSR count). The van der Waals surface area contributed by atoms with Crippen molar-refractivity contribution in [3.8, 4) is 0 Å². The van der Waals surface area contributed by atoms with Crippen LogP contribution in [-0.2, 0) is 4.79 Å². The maximum absolute atomic E-state index is 12.1. The molecule has 0 aliphatic carbocycles. The first kappa shape index (κ1) is 10.9. The zero-order valence-corrected chi connectivity index (χ0v) is 9.68. The van der Waals surface area contributed by atoms with Crippen molar-refractivity contribution in [2.75, 3.05) is 11.9 Å². The van der Waals surface area contributed by atoms with E-state index < -0.39 is 0 Å². The zero-order valence-electron chi connectivity index (χ0n) is 9.68. The molecule has 1 heterocycles. The maximum atomic E-state index is 12.1. The number of carbonyl (C=O) groups is 1. The third-order valence-corrected chi connectivity index (χ3v) is 2.87. The lowest BCUT2D eigenvalue weighted by atomic mass is 10.1. The Labute approximate surface area is 95.8 Å². The average Bonchev–Trinajstić information content (AvgIpc) is 2.43. The van der Waals surface area contributed by atoms with Gasteiger partial charge in [-0.3, -0.25) is 9.79 Å². The second-order valence-electron chi connectivity index (χ2n) is 4.04. The van der Waals surface area contributed by atoms with Gasteiger partial charge in [0.25, 0.3) is 5.91 Å². The Morgan fingerprint density at radius 1 is 1.38 bits per heavy atom. The molecular formula is C13H16N2O. The lowest BCUT2D eigenvalue weighted by Gasteiger charge is -2.19. The van der Waals surface area contributed by atoms with Crippen molar-refractivity contribution < 1.29 is 4.79 Å². The SMILES string of the molecule is CCCC1N=Cc2ccccc2N(C)C1=O. The van der Waals surface area contributed by atoms with Crippen LogP contribution in [0.25, 0.3) is 0 Å². The normalized spacial score (nSPS) is 19.5. The van der Waals surface area contributed by atoms with Crippen molar-refractivity contribution in [1.82, 2.24) is 0 Å². The number of anilines is 1. The van der Waals surface area contributed by atoms with Crippen molar-refractivity contribution in [2.24, 2.45) is 4.99 Å². The second kappa shape index (κ2) is 4.47. The average molecular weight is 216 g/mol. The molecule has 1 aliphatic rings. The first-order valence-corrected chi connectivity index (χ1v) is 5.64. The summed E-state index contributed by atoms with van der Waals surface area (Å²) >= 11 is 0. The van der Waals surface area contributed by atoms with Crippen molar-refractivity contribution in [2.45, 2.75) is 25.8 Å². The van der Waals surface area contributed by atoms with E-state index in [2.05, 4.69) is 11.9 Å². The van der Waals surface area contributed by atoms with Gasteiger partial charge in [-0.1, -0.05) is 31.5 Å². The van der Waals surface area contributed by atoms with E-state index in [1.165, 1.54) is 0 Å². The predicted molar refractivity (Wildman–Crippen MR) is 66.1 cm³/mol. The van der Waals surface area contributed by atoms with Crippen LogP contribution in [0.5, 0.6) is 0 Å². The molecular weight excluding hydrogens is 200 g/mol. The van der Waals surface area contributed by atoms with E-state index in [1.807, 2.05) is 37.5 Å². The molecule has 0 spiro atoms. The summed E-state index contributed by atoms with van der Waals surface area (Å²) in [7, 11) is 1.82. The summed E-state index contributed by atoms with van der Waals surface area (Å²) in [5.74, 6) is 0.0862. The molecule has 1 amide bonds. The molecule has 0 saturated carbocycles. The molecule has 1 unspecified atom stereocenters. The van der Waals surface area contributed by atoms with Crippen molar-refractivity contribution in [3.63, 3.8) is 0 Å². The van der Waals surface area contributed by atoms with Gasteiger partial charge in [0.05, 0.1) is 5.69 Å². The van der Waals surface area contributed by atoms with Crippen molar-refractivity contribution in [3.05, 3.63) is 29.8 Å². The van der Waals surface area contributed by atoms with Crippen LogP contribution in [0.3, 0.4) is 0 Å². The van der Waals surface area contributed by atoms with Gasteiger partial charge in [0.15, 0.2) is 0 Å². The number of amides is 1. The minimum Gasteiger partial charge on any atom is -0.313 e. The van der Waals surface area contributed by atoms with Crippen LogP contribution in [0, 0.1) is 0 Å². The number of nitrogens with zero attached hydrogens (tertiary/aromatic N) is 2. The number of hydrogen-bond acceptors (Lipinski definition) is 2. The third-order valence-electron chi connectivity index (χ3n) is 2.87. The van der Waals surface area contributed by atoms with Gasteiger partial charge in [-0.25, -0.2) is 0 Å². The molecule has 3 heteroatoms. The Hall–Kier alpha value is -1.64. The maximum Gasteiger partial charge on any atom is 0.251 e. The summed E-state index contributed by atoms with van der Waals surface area (Å²) in [6.45, 7) is 2.07. The molecule has 84 valence electrons. The fraction of sp³-hybridized carbons (Fsp3) is 0.385. The van der Waals surface area contributed by atoms with Crippen LogP contribution in [-0.4, -0.2) is 25.2 Å². The van der Waals surface area contributed by atoms with Gasteiger partial charge in [-0.15, -0.1) is 0 Å². The Kier molecular flexibility index (Phi) is 3.04. The fourth-order valence-corrected chi connectivity index (χ4v) is 1.95. The molecule has 0 N–H and O–H groups in total. The minimum atomic E-state index is -0.220. The van der Waals surface area contributed by atoms with Crippen LogP contribution >= 0.6 is 0 Å².